The average Bonchev–Trinajstić information content (AvgIpc) is 2.63. The fourth-order valence-electron chi connectivity index (χ4n) is 3.21. The molecule has 0 spiro atoms. The summed E-state index contributed by atoms with van der Waals surface area (Å²) in [4.78, 5) is 20.4. The number of amidine groups is 1. The molecule has 0 bridgehead atoms. The van der Waals surface area contributed by atoms with Crippen molar-refractivity contribution in [1.29, 1.82) is 0 Å². The van der Waals surface area contributed by atoms with Gasteiger partial charge >= 0.3 is 0 Å². The zero-order valence-electron chi connectivity index (χ0n) is 14.3. The molecule has 4 nitrogen and oxygen atoms in total. The monoisotopic (exact) mass is 439 g/mol. The Bertz CT molecular complexity index is 886. The molecule has 8 heteroatoms. The Morgan fingerprint density at radius 2 is 2.07 bits per heavy atom. The normalized spacial score (nSPS) is 19.8. The van der Waals surface area contributed by atoms with E-state index in [0.29, 0.717) is 18.4 Å². The number of hydrogen-bond donors (Lipinski definition) is 1. The Kier molecular flexibility index (Phi) is 5.64. The molecular formula is C19H17BrF3N3O. The molecule has 2 heterocycles. The number of carbonyl (C=O) groups excluding carboxylic acids is 1. The molecule has 0 aliphatic carbocycles. The number of ketones is 1. The molecule has 2 aromatic rings. The van der Waals surface area contributed by atoms with Crippen molar-refractivity contribution in [2.24, 2.45) is 10.7 Å². The minimum atomic E-state index is -2.91. The summed E-state index contributed by atoms with van der Waals surface area (Å²) in [7, 11) is 0. The summed E-state index contributed by atoms with van der Waals surface area (Å²) in [6, 6.07) is 7.04. The molecule has 1 aromatic carbocycles. The van der Waals surface area contributed by atoms with E-state index in [1.54, 1.807) is 12.1 Å². The number of aromatic nitrogens is 1. The van der Waals surface area contributed by atoms with Crippen molar-refractivity contribution in [3.63, 3.8) is 0 Å². The van der Waals surface area contributed by atoms with Crippen molar-refractivity contribution in [2.45, 2.75) is 37.6 Å². The zero-order valence-corrected chi connectivity index (χ0v) is 15.8. The van der Waals surface area contributed by atoms with Crippen LogP contribution in [-0.2, 0) is 12.0 Å². The summed E-state index contributed by atoms with van der Waals surface area (Å²) >= 11 is 3.24. The molecule has 1 aliphatic rings. The Labute approximate surface area is 162 Å². The van der Waals surface area contributed by atoms with Gasteiger partial charge in [-0.05, 0) is 58.6 Å². The standard InChI is InChI=1S/C19H17BrF3N3O/c20-12-4-6-15(25-10-12)16(27)9-11-3-5-14(21)13(8-11)19(18(22)23)7-1-2-17(24)26-19/h3-6,8,10,18H,1-2,7,9H2,(H2,24,26). The van der Waals surface area contributed by atoms with E-state index in [4.69, 9.17) is 5.73 Å². The number of pyridine rings is 1. The maximum Gasteiger partial charge on any atom is 0.267 e. The Morgan fingerprint density at radius 3 is 2.70 bits per heavy atom. The van der Waals surface area contributed by atoms with Gasteiger partial charge in [0.2, 0.25) is 0 Å². The van der Waals surface area contributed by atoms with Gasteiger partial charge in [0, 0.05) is 29.1 Å². The van der Waals surface area contributed by atoms with Crippen molar-refractivity contribution < 1.29 is 18.0 Å². The van der Waals surface area contributed by atoms with Crippen LogP contribution in [0.1, 0.15) is 40.9 Å². The van der Waals surface area contributed by atoms with Crippen LogP contribution in [0.2, 0.25) is 0 Å². The van der Waals surface area contributed by atoms with Crippen LogP contribution in [0.15, 0.2) is 46.0 Å². The molecule has 142 valence electrons. The van der Waals surface area contributed by atoms with Crippen molar-refractivity contribution in [1.82, 2.24) is 4.98 Å². The molecule has 0 amide bonds. The summed E-state index contributed by atoms with van der Waals surface area (Å²) in [6.07, 6.45) is -0.706. The average molecular weight is 440 g/mol. The van der Waals surface area contributed by atoms with Gasteiger partial charge < -0.3 is 5.73 Å². The molecule has 2 N–H and O–H groups in total. The van der Waals surface area contributed by atoms with Crippen LogP contribution in [0, 0.1) is 5.82 Å². The molecule has 0 radical (unpaired) electrons. The molecule has 3 rings (SSSR count). The quantitative estimate of drug-likeness (QED) is 0.701. The van der Waals surface area contributed by atoms with Gasteiger partial charge in [0.1, 0.15) is 11.5 Å². The Hall–Kier alpha value is -2.22. The van der Waals surface area contributed by atoms with Crippen LogP contribution in [-0.4, -0.2) is 23.0 Å². The topological polar surface area (TPSA) is 68.3 Å². The van der Waals surface area contributed by atoms with E-state index in [2.05, 4.69) is 25.9 Å². The lowest BCUT2D eigenvalue weighted by atomic mass is 9.82. The number of benzene rings is 1. The number of hydrogen-bond acceptors (Lipinski definition) is 4. The van der Waals surface area contributed by atoms with E-state index in [-0.39, 0.29) is 35.7 Å². The second-order valence-corrected chi connectivity index (χ2v) is 7.37. The Morgan fingerprint density at radius 1 is 1.30 bits per heavy atom. The highest BCUT2D eigenvalue weighted by molar-refractivity contribution is 9.10. The first kappa shape index (κ1) is 19.5. The van der Waals surface area contributed by atoms with E-state index >= 15 is 0 Å². The first-order valence-corrected chi connectivity index (χ1v) is 9.17. The Balaban J connectivity index is 1.95. The van der Waals surface area contributed by atoms with Crippen LogP contribution in [0.3, 0.4) is 0 Å². The number of carbonyl (C=O) groups is 1. The number of nitrogens with two attached hydrogens (primary N) is 1. The molecule has 1 unspecified atom stereocenters. The van der Waals surface area contributed by atoms with E-state index in [1.807, 2.05) is 0 Å². The number of Topliss-reactive ketones (excluding diaryl/α,β-unsaturated/α-hetero) is 1. The maximum absolute atomic E-state index is 14.4. The molecule has 0 fully saturated rings. The van der Waals surface area contributed by atoms with Gasteiger partial charge in [0.05, 0.1) is 5.84 Å². The summed E-state index contributed by atoms with van der Waals surface area (Å²) in [5.41, 5.74) is 4.09. The zero-order chi connectivity index (χ0) is 19.6. The SMILES string of the molecule is NC1=NC(c2cc(CC(=O)c3ccc(Br)cn3)ccc2F)(C(F)F)CCC1. The molecule has 1 aromatic heterocycles. The van der Waals surface area contributed by atoms with Gasteiger partial charge in [-0.3, -0.25) is 14.8 Å². The van der Waals surface area contributed by atoms with Crippen LogP contribution in [0.5, 0.6) is 0 Å². The highest BCUT2D eigenvalue weighted by atomic mass is 79.9. The first-order chi connectivity index (χ1) is 12.8. The summed E-state index contributed by atoms with van der Waals surface area (Å²) < 4.78 is 43.0. The smallest absolute Gasteiger partial charge is 0.267 e. The lowest BCUT2D eigenvalue weighted by molar-refractivity contribution is 0.0422. The maximum atomic E-state index is 14.4. The van der Waals surface area contributed by atoms with E-state index in [0.717, 1.165) is 10.5 Å². The minimum Gasteiger partial charge on any atom is -0.387 e. The third-order valence-corrected chi connectivity index (χ3v) is 5.04. The van der Waals surface area contributed by atoms with E-state index in [9.17, 15) is 18.0 Å². The molecule has 27 heavy (non-hydrogen) atoms. The minimum absolute atomic E-state index is 0.00600. The van der Waals surface area contributed by atoms with Gasteiger partial charge in [0.15, 0.2) is 11.3 Å². The summed E-state index contributed by atoms with van der Waals surface area (Å²) in [5.74, 6) is -0.994. The van der Waals surface area contributed by atoms with Gasteiger partial charge in [-0.15, -0.1) is 0 Å². The second-order valence-electron chi connectivity index (χ2n) is 6.46. The van der Waals surface area contributed by atoms with Crippen molar-refractivity contribution >= 4 is 27.5 Å². The molecular weight excluding hydrogens is 423 g/mol. The van der Waals surface area contributed by atoms with Crippen LogP contribution < -0.4 is 5.73 Å². The number of aliphatic imine (C=N–C) groups is 1. The van der Waals surface area contributed by atoms with E-state index < -0.39 is 17.8 Å². The largest absolute Gasteiger partial charge is 0.387 e. The van der Waals surface area contributed by atoms with Gasteiger partial charge in [-0.25, -0.2) is 13.2 Å². The predicted molar refractivity (Wildman–Crippen MR) is 99.5 cm³/mol. The second kappa shape index (κ2) is 7.80. The van der Waals surface area contributed by atoms with Gasteiger partial charge in [-0.2, -0.15) is 0 Å². The van der Waals surface area contributed by atoms with Crippen LogP contribution in [0.25, 0.3) is 0 Å². The highest BCUT2D eigenvalue weighted by Gasteiger charge is 2.45. The van der Waals surface area contributed by atoms with Gasteiger partial charge in [0.25, 0.3) is 6.43 Å². The molecule has 1 aliphatic heterocycles. The van der Waals surface area contributed by atoms with E-state index in [1.165, 1.54) is 18.3 Å². The number of rotatable bonds is 5. The van der Waals surface area contributed by atoms with Gasteiger partial charge in [-0.1, -0.05) is 6.07 Å². The number of halogens is 4. The van der Waals surface area contributed by atoms with Crippen molar-refractivity contribution in [3.05, 3.63) is 63.6 Å². The third-order valence-electron chi connectivity index (χ3n) is 4.57. The lowest BCUT2D eigenvalue weighted by Gasteiger charge is -2.33. The molecule has 1 atom stereocenters. The molecule has 0 saturated heterocycles. The van der Waals surface area contributed by atoms with Crippen LogP contribution in [0.4, 0.5) is 13.2 Å². The van der Waals surface area contributed by atoms with Crippen molar-refractivity contribution in [3.8, 4) is 0 Å². The van der Waals surface area contributed by atoms with Crippen molar-refractivity contribution in [2.75, 3.05) is 0 Å². The fourth-order valence-corrected chi connectivity index (χ4v) is 3.44. The predicted octanol–water partition coefficient (Wildman–Crippen LogP) is 4.41. The fraction of sp³-hybridized carbons (Fsp3) is 0.316. The highest BCUT2D eigenvalue weighted by Crippen LogP contribution is 2.41. The summed E-state index contributed by atoms with van der Waals surface area (Å²) in [5, 5.41) is 0. The lowest BCUT2D eigenvalue weighted by Crippen LogP contribution is -2.39. The van der Waals surface area contributed by atoms with Crippen LogP contribution >= 0.6 is 15.9 Å². The number of nitrogens with zero attached hydrogens (tertiary/aromatic N) is 2. The third kappa shape index (κ3) is 4.05. The summed E-state index contributed by atoms with van der Waals surface area (Å²) in [6.45, 7) is 0. The number of alkyl halides is 2. The first-order valence-electron chi connectivity index (χ1n) is 8.38. The molecule has 0 saturated carbocycles.